The number of aromatic nitrogens is 2. The van der Waals surface area contributed by atoms with Crippen molar-refractivity contribution < 1.29 is 9.53 Å². The summed E-state index contributed by atoms with van der Waals surface area (Å²) in [6, 6.07) is 18.0. The Balaban J connectivity index is 1.19. The molecule has 32 heavy (non-hydrogen) atoms. The van der Waals surface area contributed by atoms with E-state index in [0.29, 0.717) is 18.8 Å². The first kappa shape index (κ1) is 22.3. The summed E-state index contributed by atoms with van der Waals surface area (Å²) in [5, 5.41) is 0. The van der Waals surface area contributed by atoms with Gasteiger partial charge in [0.1, 0.15) is 5.75 Å². The molecule has 3 aromatic rings. The van der Waals surface area contributed by atoms with Gasteiger partial charge in [-0.15, -0.1) is 11.8 Å². The van der Waals surface area contributed by atoms with Crippen molar-refractivity contribution in [2.75, 3.05) is 31.9 Å². The fourth-order valence-corrected chi connectivity index (χ4v) is 4.50. The zero-order valence-electron chi connectivity index (χ0n) is 18.3. The lowest BCUT2D eigenvalue weighted by Gasteiger charge is -2.33. The summed E-state index contributed by atoms with van der Waals surface area (Å²) in [6.07, 6.45) is 4.30. The molecule has 6 nitrogen and oxygen atoms in total. The number of amides is 1. The Bertz CT molecular complexity index is 1010. The predicted molar refractivity (Wildman–Crippen MR) is 127 cm³/mol. The molecule has 7 heteroatoms. The van der Waals surface area contributed by atoms with Gasteiger partial charge >= 0.3 is 6.09 Å². The first-order valence-corrected chi connectivity index (χ1v) is 11.9. The molecule has 0 bridgehead atoms. The molecule has 4 rings (SSSR count). The molecule has 3 heterocycles. The lowest BCUT2D eigenvalue weighted by atomic mass is 10.2. The van der Waals surface area contributed by atoms with Crippen molar-refractivity contribution in [3.05, 3.63) is 83.9 Å². The number of ether oxygens (including phenoxy) is 1. The van der Waals surface area contributed by atoms with Crippen molar-refractivity contribution in [2.45, 2.75) is 24.8 Å². The van der Waals surface area contributed by atoms with E-state index < -0.39 is 0 Å². The lowest BCUT2D eigenvalue weighted by molar-refractivity contribution is 0.107. The number of carbonyl (C=O) groups excluding carboxylic acids is 1. The molecule has 1 aliphatic heterocycles. The minimum atomic E-state index is -0.278. The second kappa shape index (κ2) is 11.1. The highest BCUT2D eigenvalue weighted by molar-refractivity contribution is 7.99. The normalized spacial score (nSPS) is 14.3. The van der Waals surface area contributed by atoms with Gasteiger partial charge in [0.2, 0.25) is 0 Å². The zero-order valence-corrected chi connectivity index (χ0v) is 19.1. The van der Waals surface area contributed by atoms with Gasteiger partial charge in [0.15, 0.2) is 0 Å². The minimum absolute atomic E-state index is 0.278. The van der Waals surface area contributed by atoms with Crippen LogP contribution in [0.15, 0.2) is 71.9 Å². The van der Waals surface area contributed by atoms with Crippen LogP contribution in [0.3, 0.4) is 0 Å². The smallest absolute Gasteiger partial charge is 0.410 e. The van der Waals surface area contributed by atoms with Crippen LogP contribution in [0.1, 0.15) is 17.0 Å². The van der Waals surface area contributed by atoms with E-state index in [0.717, 1.165) is 43.2 Å². The van der Waals surface area contributed by atoms with Gasteiger partial charge in [-0.1, -0.05) is 18.2 Å². The molecule has 0 N–H and O–H groups in total. The average molecular weight is 449 g/mol. The van der Waals surface area contributed by atoms with E-state index in [9.17, 15) is 4.79 Å². The van der Waals surface area contributed by atoms with Crippen LogP contribution >= 0.6 is 11.8 Å². The highest BCUT2D eigenvalue weighted by atomic mass is 32.2. The van der Waals surface area contributed by atoms with Gasteiger partial charge in [-0.2, -0.15) is 0 Å². The molecule has 1 saturated heterocycles. The second-order valence-electron chi connectivity index (χ2n) is 7.83. The minimum Gasteiger partial charge on any atom is -0.410 e. The molecule has 0 radical (unpaired) electrons. The first-order valence-electron chi connectivity index (χ1n) is 10.9. The maximum atomic E-state index is 12.6. The zero-order chi connectivity index (χ0) is 22.2. The summed E-state index contributed by atoms with van der Waals surface area (Å²) in [7, 11) is 0. The van der Waals surface area contributed by atoms with Crippen LogP contribution in [0.25, 0.3) is 0 Å². The number of thioether (sulfide) groups is 1. The van der Waals surface area contributed by atoms with Crippen molar-refractivity contribution in [3.8, 4) is 5.75 Å². The Morgan fingerprint density at radius 2 is 1.75 bits per heavy atom. The van der Waals surface area contributed by atoms with Crippen LogP contribution < -0.4 is 4.74 Å². The van der Waals surface area contributed by atoms with Crippen molar-refractivity contribution in [1.29, 1.82) is 0 Å². The molecule has 1 aromatic carbocycles. The van der Waals surface area contributed by atoms with E-state index in [1.165, 1.54) is 10.5 Å². The van der Waals surface area contributed by atoms with Crippen LogP contribution in [-0.2, 0) is 13.0 Å². The summed E-state index contributed by atoms with van der Waals surface area (Å²) >= 11 is 1.81. The number of carbonyl (C=O) groups is 1. The van der Waals surface area contributed by atoms with E-state index in [1.54, 1.807) is 4.90 Å². The highest BCUT2D eigenvalue weighted by Crippen LogP contribution is 2.20. The molecule has 1 aliphatic rings. The van der Waals surface area contributed by atoms with Gasteiger partial charge < -0.3 is 9.64 Å². The summed E-state index contributed by atoms with van der Waals surface area (Å²) < 4.78 is 5.60. The van der Waals surface area contributed by atoms with Gasteiger partial charge in [-0.25, -0.2) is 4.79 Å². The van der Waals surface area contributed by atoms with Crippen molar-refractivity contribution in [1.82, 2.24) is 19.8 Å². The van der Waals surface area contributed by atoms with Gasteiger partial charge in [0.05, 0.1) is 5.69 Å². The van der Waals surface area contributed by atoms with Crippen LogP contribution in [0, 0.1) is 6.92 Å². The Kier molecular flexibility index (Phi) is 7.74. The number of piperazine rings is 1. The molecule has 2 aromatic heterocycles. The Hall–Kier alpha value is -2.90. The Morgan fingerprint density at radius 3 is 2.47 bits per heavy atom. The van der Waals surface area contributed by atoms with E-state index in [4.69, 9.17) is 4.74 Å². The topological polar surface area (TPSA) is 58.6 Å². The largest absolute Gasteiger partial charge is 0.415 e. The van der Waals surface area contributed by atoms with Crippen molar-refractivity contribution in [2.24, 2.45) is 0 Å². The molecule has 0 saturated carbocycles. The fraction of sp³-hybridized carbons (Fsp3) is 0.320. The monoisotopic (exact) mass is 448 g/mol. The second-order valence-corrected chi connectivity index (χ2v) is 9.00. The Morgan fingerprint density at radius 1 is 1.00 bits per heavy atom. The number of benzene rings is 1. The summed E-state index contributed by atoms with van der Waals surface area (Å²) in [6.45, 7) is 5.78. The molecule has 0 aliphatic carbocycles. The molecule has 166 valence electrons. The first-order chi connectivity index (χ1) is 15.7. The molecule has 1 amide bonds. The molecule has 0 atom stereocenters. The average Bonchev–Trinajstić information content (AvgIpc) is 2.81. The molecular formula is C25H28N4O2S. The third kappa shape index (κ3) is 6.55. The maximum absolute atomic E-state index is 12.6. The maximum Gasteiger partial charge on any atom is 0.415 e. The van der Waals surface area contributed by atoms with Gasteiger partial charge in [0.25, 0.3) is 0 Å². The SMILES string of the molecule is Cc1cccc(CN2CCN(C(=O)Oc3ccc(CCSc4ccncc4)cc3)CC2)n1. The number of rotatable bonds is 7. The Labute approximate surface area is 193 Å². The number of aryl methyl sites for hydroxylation is 2. The number of hydrogen-bond acceptors (Lipinski definition) is 6. The summed E-state index contributed by atoms with van der Waals surface area (Å²) in [4.78, 5) is 26.5. The van der Waals surface area contributed by atoms with Crippen LogP contribution in [-0.4, -0.2) is 57.8 Å². The molecule has 0 unspecified atom stereocenters. The number of pyridine rings is 2. The highest BCUT2D eigenvalue weighted by Gasteiger charge is 2.22. The predicted octanol–water partition coefficient (Wildman–Crippen LogP) is 4.44. The van der Waals surface area contributed by atoms with Crippen LogP contribution in [0.4, 0.5) is 4.79 Å². The van der Waals surface area contributed by atoms with Gasteiger partial charge in [-0.05, 0) is 55.3 Å². The molecular weight excluding hydrogens is 420 g/mol. The van der Waals surface area contributed by atoms with Crippen LogP contribution in [0.5, 0.6) is 5.75 Å². The lowest BCUT2D eigenvalue weighted by Crippen LogP contribution is -2.49. The number of nitrogens with zero attached hydrogens (tertiary/aromatic N) is 4. The van der Waals surface area contributed by atoms with E-state index in [2.05, 4.69) is 20.9 Å². The molecule has 1 fully saturated rings. The van der Waals surface area contributed by atoms with E-state index >= 15 is 0 Å². The van der Waals surface area contributed by atoms with E-state index in [-0.39, 0.29) is 6.09 Å². The fourth-order valence-electron chi connectivity index (χ4n) is 3.62. The number of hydrogen-bond donors (Lipinski definition) is 0. The quantitative estimate of drug-likeness (QED) is 0.498. The summed E-state index contributed by atoms with van der Waals surface area (Å²) in [5.74, 6) is 1.58. The van der Waals surface area contributed by atoms with Crippen LogP contribution in [0.2, 0.25) is 0 Å². The third-order valence-corrected chi connectivity index (χ3v) is 6.41. The third-order valence-electron chi connectivity index (χ3n) is 5.40. The summed E-state index contributed by atoms with van der Waals surface area (Å²) in [5.41, 5.74) is 3.33. The van der Waals surface area contributed by atoms with E-state index in [1.807, 2.05) is 79.6 Å². The van der Waals surface area contributed by atoms with Gasteiger partial charge in [-0.3, -0.25) is 14.9 Å². The van der Waals surface area contributed by atoms with Gasteiger partial charge in [0, 0.05) is 61.5 Å². The standard InChI is InChI=1S/C25H28N4O2S/c1-20-3-2-4-22(27-20)19-28-14-16-29(17-15-28)25(30)31-23-7-5-21(6-8-23)11-18-32-24-9-12-26-13-10-24/h2-10,12-13H,11,14-19H2,1H3. The van der Waals surface area contributed by atoms with Crippen molar-refractivity contribution in [3.63, 3.8) is 0 Å². The van der Waals surface area contributed by atoms with Crippen molar-refractivity contribution >= 4 is 17.9 Å². The molecule has 0 spiro atoms.